The molecule has 9 heteroatoms. The number of nitrogens with one attached hydrogen (secondary N) is 2. The largest absolute Gasteiger partial charge is 0.388 e. The molecule has 0 amide bonds. The normalized spacial score (nSPS) is 15.9. The third-order valence-corrected chi connectivity index (χ3v) is 8.81. The van der Waals surface area contributed by atoms with Crippen molar-refractivity contribution in [3.8, 4) is 0 Å². The molecule has 0 atom stereocenters. The van der Waals surface area contributed by atoms with Crippen LogP contribution in [0.15, 0.2) is 57.2 Å². The molecule has 7 nitrogen and oxygen atoms in total. The number of anilines is 1. The standard InChI is InChI=1S/C22H30N2O5S2/c1-16(2)21-9-8-20(30(25,26)19-6-4-18(23-3)5-7-19)14-22(21)31(27,28)24-15-17-10-12-29-13-11-17/h4-9,14,16-17,23-24H,10-13,15H2,1-3H3. The molecule has 0 spiro atoms. The first-order valence-corrected chi connectivity index (χ1v) is 13.4. The summed E-state index contributed by atoms with van der Waals surface area (Å²) >= 11 is 0. The van der Waals surface area contributed by atoms with Gasteiger partial charge in [0.05, 0.1) is 14.7 Å². The average molecular weight is 467 g/mol. The monoisotopic (exact) mass is 466 g/mol. The van der Waals surface area contributed by atoms with E-state index in [2.05, 4.69) is 10.0 Å². The van der Waals surface area contributed by atoms with Crippen molar-refractivity contribution in [2.24, 2.45) is 5.92 Å². The number of rotatable bonds is 8. The smallest absolute Gasteiger partial charge is 0.240 e. The Kier molecular flexibility index (Phi) is 7.41. The minimum atomic E-state index is -3.88. The summed E-state index contributed by atoms with van der Waals surface area (Å²) in [5.74, 6) is 0.130. The highest BCUT2D eigenvalue weighted by Gasteiger charge is 2.26. The Morgan fingerprint density at radius 1 is 0.968 bits per heavy atom. The first-order chi connectivity index (χ1) is 14.6. The SMILES string of the molecule is CNc1ccc(S(=O)(=O)c2ccc(C(C)C)c(S(=O)(=O)NCC3CCOCC3)c2)cc1. The van der Waals surface area contributed by atoms with Gasteiger partial charge in [-0.15, -0.1) is 0 Å². The minimum Gasteiger partial charge on any atom is -0.388 e. The summed E-state index contributed by atoms with van der Waals surface area (Å²) in [4.78, 5) is 0.0883. The van der Waals surface area contributed by atoms with Gasteiger partial charge in [0.1, 0.15) is 0 Å². The van der Waals surface area contributed by atoms with Gasteiger partial charge in [-0.2, -0.15) is 0 Å². The van der Waals surface area contributed by atoms with Crippen LogP contribution in [0.3, 0.4) is 0 Å². The Morgan fingerprint density at radius 2 is 1.58 bits per heavy atom. The van der Waals surface area contributed by atoms with Crippen molar-refractivity contribution in [3.05, 3.63) is 48.0 Å². The highest BCUT2D eigenvalue weighted by molar-refractivity contribution is 7.91. The van der Waals surface area contributed by atoms with Crippen LogP contribution in [0.5, 0.6) is 0 Å². The van der Waals surface area contributed by atoms with Gasteiger partial charge in [-0.25, -0.2) is 21.6 Å². The molecule has 2 aromatic carbocycles. The van der Waals surface area contributed by atoms with Crippen LogP contribution in [-0.4, -0.2) is 43.6 Å². The van der Waals surface area contributed by atoms with E-state index in [-0.39, 0.29) is 26.5 Å². The Morgan fingerprint density at radius 3 is 2.16 bits per heavy atom. The molecule has 170 valence electrons. The van der Waals surface area contributed by atoms with Crippen molar-refractivity contribution >= 4 is 25.5 Å². The molecule has 0 aliphatic carbocycles. The fraction of sp³-hybridized carbons (Fsp3) is 0.455. The van der Waals surface area contributed by atoms with Crippen molar-refractivity contribution in [2.45, 2.75) is 47.3 Å². The van der Waals surface area contributed by atoms with Crippen LogP contribution in [-0.2, 0) is 24.6 Å². The van der Waals surface area contributed by atoms with Gasteiger partial charge >= 0.3 is 0 Å². The van der Waals surface area contributed by atoms with E-state index < -0.39 is 19.9 Å². The second-order valence-electron chi connectivity index (χ2n) is 8.04. The Bertz CT molecular complexity index is 1110. The van der Waals surface area contributed by atoms with Gasteiger partial charge in [-0.05, 0) is 66.6 Å². The lowest BCUT2D eigenvalue weighted by Crippen LogP contribution is -2.32. The van der Waals surface area contributed by atoms with E-state index in [0.29, 0.717) is 25.3 Å². The molecular weight excluding hydrogens is 436 g/mol. The summed E-state index contributed by atoms with van der Waals surface area (Å²) in [5.41, 5.74) is 1.37. The zero-order valence-corrected chi connectivity index (χ0v) is 19.7. The topological polar surface area (TPSA) is 102 Å². The van der Waals surface area contributed by atoms with E-state index in [9.17, 15) is 16.8 Å². The van der Waals surface area contributed by atoms with Gasteiger partial charge in [0.15, 0.2) is 0 Å². The van der Waals surface area contributed by atoms with Crippen LogP contribution in [0.4, 0.5) is 5.69 Å². The number of ether oxygens (including phenoxy) is 1. The number of hydrogen-bond acceptors (Lipinski definition) is 6. The Labute approximate surface area is 185 Å². The summed E-state index contributed by atoms with van der Waals surface area (Å²) < 4.78 is 60.6. The minimum absolute atomic E-state index is 0.0162. The van der Waals surface area contributed by atoms with E-state index in [4.69, 9.17) is 4.74 Å². The summed E-state index contributed by atoms with van der Waals surface area (Å²) in [5, 5.41) is 2.95. The lowest BCUT2D eigenvalue weighted by atomic mass is 10.0. The number of sulfone groups is 1. The number of sulfonamides is 1. The maximum absolute atomic E-state index is 13.2. The van der Waals surface area contributed by atoms with Crippen LogP contribution in [0, 0.1) is 5.92 Å². The third kappa shape index (κ3) is 5.46. The lowest BCUT2D eigenvalue weighted by molar-refractivity contribution is 0.0678. The van der Waals surface area contributed by atoms with E-state index >= 15 is 0 Å². The summed E-state index contributed by atoms with van der Waals surface area (Å²) in [6.45, 7) is 5.34. The molecule has 1 fully saturated rings. The molecule has 2 aromatic rings. The first-order valence-electron chi connectivity index (χ1n) is 10.4. The van der Waals surface area contributed by atoms with E-state index in [1.54, 1.807) is 25.2 Å². The van der Waals surface area contributed by atoms with Gasteiger partial charge in [0.2, 0.25) is 19.9 Å². The summed E-state index contributed by atoms with van der Waals surface area (Å²) in [6, 6.07) is 10.7. The van der Waals surface area contributed by atoms with E-state index in [1.165, 1.54) is 24.3 Å². The maximum atomic E-state index is 13.2. The first kappa shape index (κ1) is 23.7. The Hall–Kier alpha value is -1.94. The molecule has 1 saturated heterocycles. The summed E-state index contributed by atoms with van der Waals surface area (Å²) in [7, 11) is -5.99. The molecule has 0 saturated carbocycles. The van der Waals surface area contributed by atoms with Crippen molar-refractivity contribution < 1.29 is 21.6 Å². The molecule has 1 aliphatic heterocycles. The van der Waals surface area contributed by atoms with Crippen LogP contribution < -0.4 is 10.0 Å². The molecule has 0 aromatic heterocycles. The third-order valence-electron chi connectivity index (χ3n) is 5.56. The van der Waals surface area contributed by atoms with Crippen molar-refractivity contribution in [3.63, 3.8) is 0 Å². The van der Waals surface area contributed by atoms with Crippen molar-refractivity contribution in [2.75, 3.05) is 32.1 Å². The fourth-order valence-electron chi connectivity index (χ4n) is 3.58. The van der Waals surface area contributed by atoms with Crippen molar-refractivity contribution in [1.82, 2.24) is 4.72 Å². The van der Waals surface area contributed by atoms with Gasteiger partial charge in [0.25, 0.3) is 0 Å². The highest BCUT2D eigenvalue weighted by atomic mass is 32.2. The molecular formula is C22H30N2O5S2. The van der Waals surface area contributed by atoms with Gasteiger partial charge in [-0.3, -0.25) is 0 Å². The molecule has 0 radical (unpaired) electrons. The molecule has 1 heterocycles. The van der Waals surface area contributed by atoms with E-state index in [1.807, 2.05) is 13.8 Å². The second-order valence-corrected chi connectivity index (χ2v) is 11.7. The Balaban J connectivity index is 1.96. The molecule has 0 bridgehead atoms. The van der Waals surface area contributed by atoms with Crippen LogP contribution >= 0.6 is 0 Å². The van der Waals surface area contributed by atoms with Gasteiger partial charge in [-0.1, -0.05) is 19.9 Å². The van der Waals surface area contributed by atoms with Gasteiger partial charge < -0.3 is 10.1 Å². The molecule has 2 N–H and O–H groups in total. The zero-order chi connectivity index (χ0) is 22.6. The van der Waals surface area contributed by atoms with Crippen LogP contribution in [0.25, 0.3) is 0 Å². The molecule has 0 unspecified atom stereocenters. The molecule has 31 heavy (non-hydrogen) atoms. The van der Waals surface area contributed by atoms with Crippen molar-refractivity contribution in [1.29, 1.82) is 0 Å². The molecule has 1 aliphatic rings. The lowest BCUT2D eigenvalue weighted by Gasteiger charge is -2.23. The average Bonchev–Trinajstić information content (AvgIpc) is 2.78. The number of hydrogen-bond donors (Lipinski definition) is 2. The van der Waals surface area contributed by atoms with Crippen LogP contribution in [0.2, 0.25) is 0 Å². The predicted octanol–water partition coefficient (Wildman–Crippen LogP) is 3.39. The van der Waals surface area contributed by atoms with Crippen LogP contribution in [0.1, 0.15) is 38.2 Å². The quantitative estimate of drug-likeness (QED) is 0.618. The predicted molar refractivity (Wildman–Crippen MR) is 121 cm³/mol. The van der Waals surface area contributed by atoms with Gasteiger partial charge in [0, 0.05) is 32.5 Å². The fourth-order valence-corrected chi connectivity index (χ4v) is 6.45. The number of benzene rings is 2. The molecule has 3 rings (SSSR count). The maximum Gasteiger partial charge on any atom is 0.240 e. The second kappa shape index (κ2) is 9.68. The van der Waals surface area contributed by atoms with E-state index in [0.717, 1.165) is 18.5 Å². The highest BCUT2D eigenvalue weighted by Crippen LogP contribution is 2.30. The summed E-state index contributed by atoms with van der Waals surface area (Å²) in [6.07, 6.45) is 1.60. The zero-order valence-electron chi connectivity index (χ0n) is 18.1.